The van der Waals surface area contributed by atoms with E-state index in [1.54, 1.807) is 0 Å². The second-order valence-electron chi connectivity index (χ2n) is 5.25. The Morgan fingerprint density at radius 1 is 1.33 bits per heavy atom. The van der Waals surface area contributed by atoms with Crippen LogP contribution in [0.15, 0.2) is 30.3 Å². The first-order valence-corrected chi connectivity index (χ1v) is 6.79. The molecule has 1 radical (unpaired) electrons. The first kappa shape index (κ1) is 13.3. The number of ketones is 1. The van der Waals surface area contributed by atoms with Crippen LogP contribution in [0.1, 0.15) is 31.7 Å². The summed E-state index contributed by atoms with van der Waals surface area (Å²) in [5, 5.41) is 0. The summed E-state index contributed by atoms with van der Waals surface area (Å²) in [6.07, 6.45) is 2.30. The molecule has 0 aromatic heterocycles. The van der Waals surface area contributed by atoms with Gasteiger partial charge >= 0.3 is 0 Å². The molecule has 97 valence electrons. The quantitative estimate of drug-likeness (QED) is 0.811. The molecule has 0 saturated carbocycles. The van der Waals surface area contributed by atoms with E-state index < -0.39 is 0 Å². The standard InChI is InChI=1S/C16H22NO/c1-3-16(4-2)13-17(11-10-15(16)18)12-14-8-6-5-7-9-14/h5-9H,1,3-4,10-13H2,2H3. The lowest BCUT2D eigenvalue weighted by Gasteiger charge is -2.40. The van der Waals surface area contributed by atoms with Crippen molar-refractivity contribution in [3.63, 3.8) is 0 Å². The molecule has 1 unspecified atom stereocenters. The van der Waals surface area contributed by atoms with Crippen LogP contribution in [0.4, 0.5) is 0 Å². The van der Waals surface area contributed by atoms with Gasteiger partial charge in [-0.2, -0.15) is 0 Å². The first-order chi connectivity index (χ1) is 8.70. The Morgan fingerprint density at radius 2 is 2.06 bits per heavy atom. The van der Waals surface area contributed by atoms with Crippen molar-refractivity contribution in [3.8, 4) is 0 Å². The predicted octanol–water partition coefficient (Wildman–Crippen LogP) is 3.08. The number of likely N-dealkylation sites (tertiary alicyclic amines) is 1. The Morgan fingerprint density at radius 3 is 2.67 bits per heavy atom. The van der Waals surface area contributed by atoms with Crippen LogP contribution in [0.25, 0.3) is 0 Å². The van der Waals surface area contributed by atoms with Gasteiger partial charge in [0.2, 0.25) is 0 Å². The predicted molar refractivity (Wildman–Crippen MR) is 74.0 cm³/mol. The van der Waals surface area contributed by atoms with Gasteiger partial charge in [0.05, 0.1) is 0 Å². The molecule has 2 rings (SSSR count). The van der Waals surface area contributed by atoms with Gasteiger partial charge < -0.3 is 0 Å². The highest BCUT2D eigenvalue weighted by molar-refractivity contribution is 5.86. The van der Waals surface area contributed by atoms with Crippen LogP contribution in [0.3, 0.4) is 0 Å². The second kappa shape index (κ2) is 5.66. The largest absolute Gasteiger partial charge is 0.299 e. The minimum Gasteiger partial charge on any atom is -0.299 e. The fourth-order valence-electron chi connectivity index (χ4n) is 2.80. The van der Waals surface area contributed by atoms with E-state index in [0.29, 0.717) is 18.6 Å². The van der Waals surface area contributed by atoms with Crippen molar-refractivity contribution < 1.29 is 4.79 Å². The van der Waals surface area contributed by atoms with Gasteiger partial charge in [-0.3, -0.25) is 9.69 Å². The molecular formula is C16H22NO. The summed E-state index contributed by atoms with van der Waals surface area (Å²) in [6, 6.07) is 10.5. The van der Waals surface area contributed by atoms with E-state index in [4.69, 9.17) is 0 Å². The van der Waals surface area contributed by atoms with Crippen LogP contribution in [-0.2, 0) is 11.3 Å². The Hall–Kier alpha value is -1.15. The van der Waals surface area contributed by atoms with Gasteiger partial charge in [0.15, 0.2) is 0 Å². The summed E-state index contributed by atoms with van der Waals surface area (Å²) in [5.74, 6) is 0.407. The highest BCUT2D eigenvalue weighted by Gasteiger charge is 2.39. The molecule has 0 amide bonds. The third kappa shape index (κ3) is 2.64. The molecule has 1 heterocycles. The van der Waals surface area contributed by atoms with Crippen molar-refractivity contribution in [3.05, 3.63) is 42.8 Å². The van der Waals surface area contributed by atoms with E-state index in [2.05, 4.69) is 43.0 Å². The fourth-order valence-corrected chi connectivity index (χ4v) is 2.80. The fraction of sp³-hybridized carbons (Fsp3) is 0.500. The van der Waals surface area contributed by atoms with Crippen LogP contribution in [0.2, 0.25) is 0 Å². The Kier molecular flexibility index (Phi) is 4.18. The molecule has 1 aliphatic rings. The minimum absolute atomic E-state index is 0.201. The maximum Gasteiger partial charge on any atom is 0.141 e. The zero-order valence-corrected chi connectivity index (χ0v) is 11.2. The highest BCUT2D eigenvalue weighted by atomic mass is 16.1. The van der Waals surface area contributed by atoms with Gasteiger partial charge in [-0.15, -0.1) is 0 Å². The lowest BCUT2D eigenvalue weighted by molar-refractivity contribution is -0.134. The van der Waals surface area contributed by atoms with Crippen LogP contribution in [-0.4, -0.2) is 23.8 Å². The van der Waals surface area contributed by atoms with Gasteiger partial charge in [-0.05, 0) is 18.4 Å². The van der Waals surface area contributed by atoms with Crippen molar-refractivity contribution >= 4 is 5.78 Å². The number of Topliss-reactive ketones (excluding diaryl/α,β-unsaturated/α-hetero) is 1. The van der Waals surface area contributed by atoms with Crippen molar-refractivity contribution in [2.24, 2.45) is 5.41 Å². The number of benzene rings is 1. The third-order valence-electron chi connectivity index (χ3n) is 4.18. The molecule has 18 heavy (non-hydrogen) atoms. The first-order valence-electron chi connectivity index (χ1n) is 6.79. The van der Waals surface area contributed by atoms with Crippen molar-refractivity contribution in [1.29, 1.82) is 0 Å². The molecule has 1 aliphatic heterocycles. The van der Waals surface area contributed by atoms with Crippen LogP contribution < -0.4 is 0 Å². The lowest BCUT2D eigenvalue weighted by Crippen LogP contribution is -2.48. The van der Waals surface area contributed by atoms with Gasteiger partial charge in [0.1, 0.15) is 5.78 Å². The van der Waals surface area contributed by atoms with Crippen molar-refractivity contribution in [2.45, 2.75) is 32.7 Å². The average molecular weight is 244 g/mol. The van der Waals surface area contributed by atoms with Crippen LogP contribution in [0, 0.1) is 12.3 Å². The molecule has 1 aromatic rings. The normalized spacial score (nSPS) is 20.0. The summed E-state index contributed by atoms with van der Waals surface area (Å²) in [5.41, 5.74) is 1.12. The summed E-state index contributed by atoms with van der Waals surface area (Å²) < 4.78 is 0. The second-order valence-corrected chi connectivity index (χ2v) is 5.25. The Labute approximate surface area is 110 Å². The average Bonchev–Trinajstić information content (AvgIpc) is 2.42. The molecule has 0 N–H and O–H groups in total. The molecule has 1 atom stereocenters. The highest BCUT2D eigenvalue weighted by Crippen LogP contribution is 2.33. The van der Waals surface area contributed by atoms with E-state index in [1.807, 2.05) is 6.07 Å². The zero-order valence-electron chi connectivity index (χ0n) is 11.2. The third-order valence-corrected chi connectivity index (χ3v) is 4.18. The van der Waals surface area contributed by atoms with Crippen LogP contribution >= 0.6 is 0 Å². The van der Waals surface area contributed by atoms with Gasteiger partial charge in [0, 0.05) is 31.5 Å². The topological polar surface area (TPSA) is 20.3 Å². The van der Waals surface area contributed by atoms with E-state index in [0.717, 1.165) is 26.1 Å². The monoisotopic (exact) mass is 244 g/mol. The number of hydrogen-bond acceptors (Lipinski definition) is 2. The number of carbonyl (C=O) groups is 1. The number of carbonyl (C=O) groups excluding carboxylic acids is 1. The maximum absolute atomic E-state index is 12.1. The molecule has 0 spiro atoms. The van der Waals surface area contributed by atoms with E-state index in [-0.39, 0.29) is 5.41 Å². The van der Waals surface area contributed by atoms with Gasteiger partial charge in [-0.25, -0.2) is 0 Å². The molecule has 2 nitrogen and oxygen atoms in total. The summed E-state index contributed by atoms with van der Waals surface area (Å²) in [4.78, 5) is 14.5. The van der Waals surface area contributed by atoms with Crippen molar-refractivity contribution in [1.82, 2.24) is 4.90 Å². The molecule has 1 aromatic carbocycles. The number of piperidine rings is 1. The van der Waals surface area contributed by atoms with Gasteiger partial charge in [0.25, 0.3) is 0 Å². The van der Waals surface area contributed by atoms with Crippen LogP contribution in [0.5, 0.6) is 0 Å². The molecular weight excluding hydrogens is 222 g/mol. The van der Waals surface area contributed by atoms with E-state index in [9.17, 15) is 4.79 Å². The molecule has 0 bridgehead atoms. The molecule has 1 fully saturated rings. The number of hydrogen-bond donors (Lipinski definition) is 0. The smallest absolute Gasteiger partial charge is 0.141 e. The summed E-state index contributed by atoms with van der Waals surface area (Å²) in [7, 11) is 0. The number of nitrogens with zero attached hydrogens (tertiary/aromatic N) is 1. The molecule has 2 heteroatoms. The van der Waals surface area contributed by atoms with Gasteiger partial charge in [-0.1, -0.05) is 44.2 Å². The number of rotatable bonds is 4. The zero-order chi connectivity index (χ0) is 13.0. The van der Waals surface area contributed by atoms with E-state index in [1.165, 1.54) is 5.56 Å². The lowest BCUT2D eigenvalue weighted by atomic mass is 9.74. The SMILES string of the molecule is [CH2]CC1(CC)CN(Cc2ccccc2)CCC1=O. The summed E-state index contributed by atoms with van der Waals surface area (Å²) in [6.45, 7) is 8.79. The Balaban J connectivity index is 2.06. The van der Waals surface area contributed by atoms with Crippen molar-refractivity contribution in [2.75, 3.05) is 13.1 Å². The van der Waals surface area contributed by atoms with E-state index >= 15 is 0 Å². The maximum atomic E-state index is 12.1. The summed E-state index contributed by atoms with van der Waals surface area (Å²) >= 11 is 0. The minimum atomic E-state index is -0.201. The molecule has 0 aliphatic carbocycles. The Bertz CT molecular complexity index is 395. The molecule has 1 saturated heterocycles.